The second-order valence-corrected chi connectivity index (χ2v) is 7.12. The van der Waals surface area contributed by atoms with Crippen LogP contribution >= 0.6 is 0 Å². The molecule has 1 unspecified atom stereocenters. The van der Waals surface area contributed by atoms with Crippen LogP contribution in [0.5, 0.6) is 0 Å². The van der Waals surface area contributed by atoms with E-state index in [0.717, 1.165) is 0 Å². The average Bonchev–Trinajstić information content (AvgIpc) is 2.97. The number of rotatable bonds is 6. The van der Waals surface area contributed by atoms with Crippen molar-refractivity contribution in [2.24, 2.45) is 0 Å². The molecule has 0 saturated carbocycles. The molecule has 1 aliphatic heterocycles. The molecule has 0 bridgehead atoms. The first kappa shape index (κ1) is 16.6. The second-order valence-electron chi connectivity index (χ2n) is 5.08. The lowest BCUT2D eigenvalue weighted by Gasteiger charge is -2.23. The highest BCUT2D eigenvalue weighted by Gasteiger charge is 2.36. The Morgan fingerprint density at radius 3 is 3.00 bits per heavy atom. The van der Waals surface area contributed by atoms with Crippen LogP contribution in [-0.2, 0) is 19.6 Å². The van der Waals surface area contributed by atoms with Gasteiger partial charge in [0.25, 0.3) is 5.56 Å². The highest BCUT2D eigenvalue weighted by molar-refractivity contribution is 7.89. The van der Waals surface area contributed by atoms with E-state index < -0.39 is 22.0 Å². The van der Waals surface area contributed by atoms with Crippen LogP contribution in [0.4, 0.5) is 0 Å². The van der Waals surface area contributed by atoms with E-state index in [0.29, 0.717) is 25.2 Å². The highest BCUT2D eigenvalue weighted by Crippen LogP contribution is 2.32. The maximum atomic E-state index is 12.4. The number of hydrogen-bond acceptors (Lipinski definition) is 6. The molecule has 1 aromatic heterocycles. The number of aromatic nitrogens is 2. The van der Waals surface area contributed by atoms with Crippen LogP contribution < -0.4 is 5.56 Å². The van der Waals surface area contributed by atoms with Crippen molar-refractivity contribution in [1.29, 1.82) is 0 Å². The number of aromatic amines is 1. The third-order valence-electron chi connectivity index (χ3n) is 3.58. The van der Waals surface area contributed by atoms with Crippen LogP contribution in [0.2, 0.25) is 0 Å². The molecule has 22 heavy (non-hydrogen) atoms. The lowest BCUT2D eigenvalue weighted by Crippen LogP contribution is -2.34. The van der Waals surface area contributed by atoms with Gasteiger partial charge >= 0.3 is 5.97 Å². The summed E-state index contributed by atoms with van der Waals surface area (Å²) in [6, 6.07) is 0.838. The van der Waals surface area contributed by atoms with E-state index >= 15 is 0 Å². The number of carbonyl (C=O) groups excluding carboxylic acids is 1. The maximum Gasteiger partial charge on any atom is 0.305 e. The van der Waals surface area contributed by atoms with E-state index in [1.54, 1.807) is 0 Å². The minimum absolute atomic E-state index is 0.0641. The number of H-pyrrole nitrogens is 1. The highest BCUT2D eigenvalue weighted by atomic mass is 32.2. The molecule has 2 rings (SSSR count). The molecule has 0 aliphatic carbocycles. The molecule has 0 amide bonds. The van der Waals surface area contributed by atoms with Crippen LogP contribution in [0, 0.1) is 0 Å². The molecular formula is C13H19N3O5S. The van der Waals surface area contributed by atoms with Gasteiger partial charge in [-0.25, -0.2) is 13.4 Å². The summed E-state index contributed by atoms with van der Waals surface area (Å²) in [5.74, 6) is -0.195. The number of esters is 1. The summed E-state index contributed by atoms with van der Waals surface area (Å²) in [6.45, 7) is 0.393. The molecule has 1 aromatic rings. The summed E-state index contributed by atoms with van der Waals surface area (Å²) in [5.41, 5.74) is -0.306. The van der Waals surface area contributed by atoms with Gasteiger partial charge in [-0.1, -0.05) is 0 Å². The molecular weight excluding hydrogens is 310 g/mol. The Morgan fingerprint density at radius 1 is 1.55 bits per heavy atom. The summed E-state index contributed by atoms with van der Waals surface area (Å²) in [6.07, 6.45) is 2.96. The van der Waals surface area contributed by atoms with Gasteiger partial charge in [-0.15, -0.1) is 0 Å². The fraction of sp³-hybridized carbons (Fsp3) is 0.615. The summed E-state index contributed by atoms with van der Waals surface area (Å²) in [4.78, 5) is 29.1. The number of hydrogen-bond donors (Lipinski definition) is 1. The third-order valence-corrected chi connectivity index (χ3v) is 5.53. The van der Waals surface area contributed by atoms with Gasteiger partial charge in [-0.3, -0.25) is 9.59 Å². The van der Waals surface area contributed by atoms with Gasteiger partial charge < -0.3 is 9.72 Å². The average molecular weight is 329 g/mol. The van der Waals surface area contributed by atoms with Crippen LogP contribution in [0.1, 0.15) is 37.5 Å². The summed E-state index contributed by atoms with van der Waals surface area (Å²) >= 11 is 0. The van der Waals surface area contributed by atoms with Crippen molar-refractivity contribution in [1.82, 2.24) is 14.3 Å². The number of methoxy groups -OCH3 is 1. The van der Waals surface area contributed by atoms with E-state index in [-0.39, 0.29) is 24.2 Å². The van der Waals surface area contributed by atoms with Crippen LogP contribution in [0.3, 0.4) is 0 Å². The SMILES string of the molecule is COC(=O)CCCS(=O)(=O)N1CCCC1c1nccc(=O)[nH]1. The zero-order valence-electron chi connectivity index (χ0n) is 12.3. The number of nitrogens with zero attached hydrogens (tertiary/aromatic N) is 2. The van der Waals surface area contributed by atoms with Gasteiger partial charge in [0.05, 0.1) is 18.9 Å². The second kappa shape index (κ2) is 7.01. The first-order chi connectivity index (χ1) is 10.4. The Balaban J connectivity index is 2.09. The van der Waals surface area contributed by atoms with Gasteiger partial charge in [-0.2, -0.15) is 4.31 Å². The van der Waals surface area contributed by atoms with Crippen LogP contribution in [0.25, 0.3) is 0 Å². The molecule has 1 fully saturated rings. The maximum absolute atomic E-state index is 12.4. The monoisotopic (exact) mass is 329 g/mol. The van der Waals surface area contributed by atoms with E-state index in [2.05, 4.69) is 14.7 Å². The minimum Gasteiger partial charge on any atom is -0.469 e. The molecule has 1 aliphatic rings. The zero-order chi connectivity index (χ0) is 16.2. The molecule has 1 N–H and O–H groups in total. The molecule has 122 valence electrons. The Hall–Kier alpha value is -1.74. The zero-order valence-corrected chi connectivity index (χ0v) is 13.1. The molecule has 0 aromatic carbocycles. The molecule has 1 atom stereocenters. The fourth-order valence-electron chi connectivity index (χ4n) is 2.52. The predicted octanol–water partition coefficient (Wildman–Crippen LogP) is 0.190. The third kappa shape index (κ3) is 3.92. The summed E-state index contributed by atoms with van der Waals surface area (Å²) < 4.78 is 30.7. The van der Waals surface area contributed by atoms with E-state index in [9.17, 15) is 18.0 Å². The van der Waals surface area contributed by atoms with Crippen molar-refractivity contribution in [3.8, 4) is 0 Å². The quantitative estimate of drug-likeness (QED) is 0.746. The van der Waals surface area contributed by atoms with Crippen LogP contribution in [-0.4, -0.2) is 48.1 Å². The van der Waals surface area contributed by atoms with Gasteiger partial charge in [0, 0.05) is 25.2 Å². The minimum atomic E-state index is -3.51. The van der Waals surface area contributed by atoms with E-state index in [1.807, 2.05) is 0 Å². The van der Waals surface area contributed by atoms with Gasteiger partial charge in [0.2, 0.25) is 10.0 Å². The Kier molecular flexibility index (Phi) is 5.30. The van der Waals surface area contributed by atoms with Crippen LogP contribution in [0.15, 0.2) is 17.1 Å². The number of ether oxygens (including phenoxy) is 1. The molecule has 0 spiro atoms. The lowest BCUT2D eigenvalue weighted by molar-refractivity contribution is -0.140. The number of carbonyl (C=O) groups is 1. The van der Waals surface area contributed by atoms with Crippen molar-refractivity contribution in [3.05, 3.63) is 28.4 Å². The van der Waals surface area contributed by atoms with Crippen molar-refractivity contribution in [2.45, 2.75) is 31.7 Å². The molecule has 8 nitrogen and oxygen atoms in total. The Morgan fingerprint density at radius 2 is 2.32 bits per heavy atom. The smallest absolute Gasteiger partial charge is 0.305 e. The lowest BCUT2D eigenvalue weighted by atomic mass is 10.2. The van der Waals surface area contributed by atoms with Gasteiger partial charge in [-0.05, 0) is 19.3 Å². The first-order valence-electron chi connectivity index (χ1n) is 7.05. The molecule has 0 radical (unpaired) electrons. The largest absolute Gasteiger partial charge is 0.469 e. The predicted molar refractivity (Wildman–Crippen MR) is 78.6 cm³/mol. The van der Waals surface area contributed by atoms with E-state index in [4.69, 9.17) is 0 Å². The molecule has 9 heteroatoms. The summed E-state index contributed by atoms with van der Waals surface area (Å²) in [5, 5.41) is 0. The van der Waals surface area contributed by atoms with Crippen molar-refractivity contribution < 1.29 is 17.9 Å². The standard InChI is InChI=1S/C13H19N3O5S/c1-21-12(18)5-3-9-22(19,20)16-8-2-4-10(16)13-14-7-6-11(17)15-13/h6-7,10H,2-5,8-9H2,1H3,(H,14,15,17). The normalized spacial score (nSPS) is 19.2. The van der Waals surface area contributed by atoms with Gasteiger partial charge in [0.1, 0.15) is 5.82 Å². The first-order valence-corrected chi connectivity index (χ1v) is 8.66. The number of sulfonamides is 1. The topological polar surface area (TPSA) is 109 Å². The van der Waals surface area contributed by atoms with Gasteiger partial charge in [0.15, 0.2) is 0 Å². The van der Waals surface area contributed by atoms with Crippen molar-refractivity contribution in [2.75, 3.05) is 19.4 Å². The van der Waals surface area contributed by atoms with Crippen molar-refractivity contribution >= 4 is 16.0 Å². The fourth-order valence-corrected chi connectivity index (χ4v) is 4.26. The Bertz CT molecular complexity index is 685. The molecule has 2 heterocycles. The Labute approximate surface area is 128 Å². The van der Waals surface area contributed by atoms with Crippen molar-refractivity contribution in [3.63, 3.8) is 0 Å². The summed E-state index contributed by atoms with van der Waals surface area (Å²) in [7, 11) is -2.24. The van der Waals surface area contributed by atoms with E-state index in [1.165, 1.54) is 23.7 Å². The molecule has 1 saturated heterocycles. The number of nitrogens with one attached hydrogen (secondary N) is 1.